The topological polar surface area (TPSA) is 128 Å². The van der Waals surface area contributed by atoms with Crippen LogP contribution in [0.4, 0.5) is 11.4 Å². The van der Waals surface area contributed by atoms with Crippen LogP contribution in [-0.4, -0.2) is 60.4 Å². The van der Waals surface area contributed by atoms with Crippen LogP contribution in [0.3, 0.4) is 0 Å². The summed E-state index contributed by atoms with van der Waals surface area (Å²) in [4.78, 5) is 36.6. The molecule has 0 aromatic heterocycles. The molecule has 0 saturated heterocycles. The molecule has 2 aromatic rings. The van der Waals surface area contributed by atoms with Gasteiger partial charge in [-0.1, -0.05) is 11.6 Å². The molecule has 0 unspecified atom stereocenters. The fourth-order valence-corrected chi connectivity index (χ4v) is 3.81. The molecule has 0 bridgehead atoms. The number of carbonyl (C=O) groups is 3. The van der Waals surface area contributed by atoms with Crippen LogP contribution in [0.15, 0.2) is 36.4 Å². The summed E-state index contributed by atoms with van der Waals surface area (Å²) in [6.07, 6.45) is 0.927. The molecule has 12 heteroatoms. The number of benzene rings is 2. The second kappa shape index (κ2) is 10.3. The number of halogens is 1. The standard InChI is InChI=1S/C20H21ClN2O8S/c1-29-17-8-6-13(10-15(17)21)23(32(4,27)28)11-18(24)22-16-9-12(19(25)30-2)5-7-14(16)20(26)31-3/h5-10H,11H2,1-4H3,(H,22,24). The van der Waals surface area contributed by atoms with Crippen molar-refractivity contribution >= 4 is 50.8 Å². The molecule has 0 atom stereocenters. The third-order valence-electron chi connectivity index (χ3n) is 4.23. The van der Waals surface area contributed by atoms with Crippen molar-refractivity contribution in [3.63, 3.8) is 0 Å². The fourth-order valence-electron chi connectivity index (χ4n) is 2.71. The van der Waals surface area contributed by atoms with Gasteiger partial charge in [-0.15, -0.1) is 0 Å². The van der Waals surface area contributed by atoms with E-state index in [4.69, 9.17) is 16.3 Å². The number of methoxy groups -OCH3 is 3. The number of carbonyl (C=O) groups excluding carboxylic acids is 3. The van der Waals surface area contributed by atoms with Crippen molar-refractivity contribution in [3.05, 3.63) is 52.5 Å². The first-order valence-electron chi connectivity index (χ1n) is 8.93. The number of hydrogen-bond acceptors (Lipinski definition) is 8. The molecular weight excluding hydrogens is 464 g/mol. The third-order valence-corrected chi connectivity index (χ3v) is 5.67. The summed E-state index contributed by atoms with van der Waals surface area (Å²) in [5, 5.41) is 2.59. The number of sulfonamides is 1. The number of anilines is 2. The summed E-state index contributed by atoms with van der Waals surface area (Å²) in [6.45, 7) is -0.634. The van der Waals surface area contributed by atoms with E-state index in [-0.39, 0.29) is 27.5 Å². The van der Waals surface area contributed by atoms with Gasteiger partial charge in [-0.2, -0.15) is 0 Å². The highest BCUT2D eigenvalue weighted by molar-refractivity contribution is 7.92. The van der Waals surface area contributed by atoms with Gasteiger partial charge >= 0.3 is 11.9 Å². The number of rotatable bonds is 8. The van der Waals surface area contributed by atoms with E-state index in [1.165, 1.54) is 50.6 Å². The van der Waals surface area contributed by atoms with E-state index >= 15 is 0 Å². The van der Waals surface area contributed by atoms with Crippen LogP contribution in [0.1, 0.15) is 20.7 Å². The van der Waals surface area contributed by atoms with Crippen molar-refractivity contribution in [2.45, 2.75) is 0 Å². The Morgan fingerprint density at radius 2 is 1.66 bits per heavy atom. The number of ether oxygens (including phenoxy) is 3. The van der Waals surface area contributed by atoms with E-state index in [0.29, 0.717) is 5.75 Å². The predicted molar refractivity (Wildman–Crippen MR) is 118 cm³/mol. The minimum Gasteiger partial charge on any atom is -0.495 e. The maximum atomic E-state index is 12.7. The average molecular weight is 485 g/mol. The number of nitrogens with zero attached hydrogens (tertiary/aromatic N) is 1. The van der Waals surface area contributed by atoms with Crippen LogP contribution in [0.5, 0.6) is 5.75 Å². The van der Waals surface area contributed by atoms with Crippen molar-refractivity contribution in [1.29, 1.82) is 0 Å². The number of hydrogen-bond donors (Lipinski definition) is 1. The first kappa shape index (κ1) is 25.0. The monoisotopic (exact) mass is 484 g/mol. The maximum Gasteiger partial charge on any atom is 0.339 e. The lowest BCUT2D eigenvalue weighted by molar-refractivity contribution is -0.114. The molecule has 2 aromatic carbocycles. The number of esters is 2. The molecule has 0 fully saturated rings. The Morgan fingerprint density at radius 3 is 2.19 bits per heavy atom. The Labute approximate surface area is 190 Å². The molecule has 0 heterocycles. The quantitative estimate of drug-likeness (QED) is 0.565. The van der Waals surface area contributed by atoms with E-state index in [1.807, 2.05) is 0 Å². The molecule has 32 heavy (non-hydrogen) atoms. The van der Waals surface area contributed by atoms with Gasteiger partial charge in [0.1, 0.15) is 12.3 Å². The molecule has 0 spiro atoms. The summed E-state index contributed by atoms with van der Waals surface area (Å²) in [6, 6.07) is 8.07. The number of nitrogens with one attached hydrogen (secondary N) is 1. The molecule has 0 aliphatic heterocycles. The van der Waals surface area contributed by atoms with Crippen molar-refractivity contribution < 1.29 is 37.0 Å². The zero-order valence-electron chi connectivity index (χ0n) is 17.7. The van der Waals surface area contributed by atoms with Gasteiger partial charge in [-0.05, 0) is 36.4 Å². The van der Waals surface area contributed by atoms with Crippen molar-refractivity contribution in [3.8, 4) is 5.75 Å². The fraction of sp³-hybridized carbons (Fsp3) is 0.250. The molecule has 2 rings (SSSR count). The van der Waals surface area contributed by atoms with Crippen LogP contribution < -0.4 is 14.4 Å². The lowest BCUT2D eigenvalue weighted by atomic mass is 10.1. The van der Waals surface area contributed by atoms with Crippen LogP contribution in [-0.2, 0) is 24.3 Å². The Bertz CT molecular complexity index is 1150. The Morgan fingerprint density at radius 1 is 1.00 bits per heavy atom. The zero-order valence-corrected chi connectivity index (χ0v) is 19.2. The molecular formula is C20H21ClN2O8S. The SMILES string of the molecule is COC(=O)c1ccc(C(=O)OC)c(NC(=O)CN(c2ccc(OC)c(Cl)c2)S(C)(=O)=O)c1. The van der Waals surface area contributed by atoms with Gasteiger partial charge in [-0.3, -0.25) is 9.10 Å². The summed E-state index contributed by atoms with van der Waals surface area (Å²) in [7, 11) is -0.151. The van der Waals surface area contributed by atoms with Gasteiger partial charge in [-0.25, -0.2) is 18.0 Å². The lowest BCUT2D eigenvalue weighted by Crippen LogP contribution is -2.37. The van der Waals surface area contributed by atoms with Crippen molar-refractivity contribution in [1.82, 2.24) is 0 Å². The van der Waals surface area contributed by atoms with E-state index in [1.54, 1.807) is 0 Å². The van der Waals surface area contributed by atoms with Gasteiger partial charge in [0.05, 0.1) is 55.1 Å². The molecule has 1 N–H and O–H groups in total. The zero-order chi connectivity index (χ0) is 24.1. The largest absolute Gasteiger partial charge is 0.495 e. The molecule has 0 aliphatic rings. The van der Waals surface area contributed by atoms with Crippen LogP contribution >= 0.6 is 11.6 Å². The van der Waals surface area contributed by atoms with E-state index in [2.05, 4.69) is 14.8 Å². The average Bonchev–Trinajstić information content (AvgIpc) is 2.75. The van der Waals surface area contributed by atoms with Crippen LogP contribution in [0.2, 0.25) is 5.02 Å². The smallest absolute Gasteiger partial charge is 0.339 e. The highest BCUT2D eigenvalue weighted by Crippen LogP contribution is 2.30. The van der Waals surface area contributed by atoms with Gasteiger partial charge in [0.15, 0.2) is 0 Å². The second-order valence-corrected chi connectivity index (χ2v) is 8.69. The Kier molecular flexibility index (Phi) is 8.06. The second-order valence-electron chi connectivity index (χ2n) is 6.38. The lowest BCUT2D eigenvalue weighted by Gasteiger charge is -2.23. The molecule has 0 saturated carbocycles. The maximum absolute atomic E-state index is 12.7. The highest BCUT2D eigenvalue weighted by Gasteiger charge is 2.24. The molecule has 0 radical (unpaired) electrons. The summed E-state index contributed by atoms with van der Waals surface area (Å²) in [5.41, 5.74) is 0.111. The molecule has 10 nitrogen and oxygen atoms in total. The van der Waals surface area contributed by atoms with Crippen LogP contribution in [0.25, 0.3) is 0 Å². The van der Waals surface area contributed by atoms with Gasteiger partial charge in [0, 0.05) is 0 Å². The van der Waals surface area contributed by atoms with Gasteiger partial charge < -0.3 is 19.5 Å². The first-order chi connectivity index (χ1) is 15.0. The minimum absolute atomic E-state index is 0.0353. The van der Waals surface area contributed by atoms with E-state index in [9.17, 15) is 22.8 Å². The molecule has 0 aliphatic carbocycles. The molecule has 172 valence electrons. The summed E-state index contributed by atoms with van der Waals surface area (Å²) in [5.74, 6) is -1.91. The van der Waals surface area contributed by atoms with Crippen molar-refractivity contribution in [2.75, 3.05) is 43.8 Å². The minimum atomic E-state index is -3.89. The third kappa shape index (κ3) is 5.89. The Hall–Kier alpha value is -3.31. The van der Waals surface area contributed by atoms with Crippen LogP contribution in [0, 0.1) is 0 Å². The van der Waals surface area contributed by atoms with E-state index < -0.39 is 34.4 Å². The van der Waals surface area contributed by atoms with Gasteiger partial charge in [0.2, 0.25) is 15.9 Å². The first-order valence-corrected chi connectivity index (χ1v) is 11.2. The van der Waals surface area contributed by atoms with E-state index in [0.717, 1.165) is 17.7 Å². The number of amides is 1. The van der Waals surface area contributed by atoms with Crippen molar-refractivity contribution in [2.24, 2.45) is 0 Å². The molecule has 1 amide bonds. The summed E-state index contributed by atoms with van der Waals surface area (Å²) < 4.78 is 39.9. The Balaban J connectivity index is 2.38. The highest BCUT2D eigenvalue weighted by atomic mass is 35.5. The normalized spacial score (nSPS) is 10.8. The summed E-state index contributed by atoms with van der Waals surface area (Å²) >= 11 is 6.08. The predicted octanol–water partition coefficient (Wildman–Crippen LogP) is 2.33. The van der Waals surface area contributed by atoms with Gasteiger partial charge in [0.25, 0.3) is 0 Å².